The molecule has 0 radical (unpaired) electrons. The highest BCUT2D eigenvalue weighted by atomic mass is 35.5. The average molecular weight is 539 g/mol. The number of nitrogens with zero attached hydrogens (tertiary/aromatic N) is 2. The number of aliphatic hydroxyl groups is 1. The molecule has 0 aliphatic heterocycles. The number of aliphatic hydroxyl groups excluding tert-OH is 1. The minimum absolute atomic E-state index is 0.00162. The molecule has 0 atom stereocenters. The van der Waals surface area contributed by atoms with Gasteiger partial charge in [0.05, 0.1) is 18.5 Å². The molecule has 0 bridgehead atoms. The summed E-state index contributed by atoms with van der Waals surface area (Å²) in [6, 6.07) is 11.8. The summed E-state index contributed by atoms with van der Waals surface area (Å²) in [7, 11) is 2.81. The van der Waals surface area contributed by atoms with Crippen LogP contribution in [0.3, 0.4) is 0 Å². The van der Waals surface area contributed by atoms with Crippen LogP contribution in [0.25, 0.3) is 10.9 Å². The Morgan fingerprint density at radius 1 is 1.11 bits per heavy atom. The van der Waals surface area contributed by atoms with Crippen LogP contribution in [0.2, 0.25) is 5.02 Å². The molecule has 2 aromatic carbocycles. The standard InChI is InChI=1S/C23H23ClN2O7S2/c1-15-19(13-22(28)32-8-10-34-35-11-9-33-26(30)31)20-12-16(14-27)2-7-21(20)25(15)23(29)17-3-5-18(24)6-4-17/h2-7,12,27H,8-11,13-14H2,1H3. The fourth-order valence-corrected chi connectivity index (χ4v) is 5.25. The Morgan fingerprint density at radius 3 is 2.46 bits per heavy atom. The third-order valence-corrected chi connectivity index (χ3v) is 7.66. The van der Waals surface area contributed by atoms with Crippen molar-refractivity contribution in [3.05, 3.63) is 80.0 Å². The van der Waals surface area contributed by atoms with E-state index in [4.69, 9.17) is 16.3 Å². The van der Waals surface area contributed by atoms with Crippen LogP contribution in [-0.4, -0.2) is 51.4 Å². The molecule has 3 aromatic rings. The van der Waals surface area contributed by atoms with Crippen molar-refractivity contribution in [2.24, 2.45) is 0 Å². The van der Waals surface area contributed by atoms with Crippen LogP contribution < -0.4 is 0 Å². The number of hydrogen-bond donors (Lipinski definition) is 1. The van der Waals surface area contributed by atoms with E-state index in [1.165, 1.54) is 21.6 Å². The third-order valence-electron chi connectivity index (χ3n) is 5.07. The van der Waals surface area contributed by atoms with Crippen molar-refractivity contribution in [2.75, 3.05) is 24.7 Å². The number of aromatic nitrogens is 1. The molecule has 0 saturated carbocycles. The molecule has 0 unspecified atom stereocenters. The van der Waals surface area contributed by atoms with Gasteiger partial charge in [0.1, 0.15) is 13.2 Å². The number of benzene rings is 2. The van der Waals surface area contributed by atoms with Crippen LogP contribution in [-0.2, 0) is 27.4 Å². The molecule has 186 valence electrons. The van der Waals surface area contributed by atoms with Gasteiger partial charge in [0.2, 0.25) is 0 Å². The highest BCUT2D eigenvalue weighted by Crippen LogP contribution is 2.29. The Labute approximate surface area is 214 Å². The molecule has 1 aromatic heterocycles. The molecule has 12 heteroatoms. The van der Waals surface area contributed by atoms with Crippen molar-refractivity contribution in [3.8, 4) is 0 Å². The fraction of sp³-hybridized carbons (Fsp3) is 0.304. The Hall–Kier alpha value is -2.73. The fourth-order valence-electron chi connectivity index (χ4n) is 3.48. The number of ether oxygens (including phenoxy) is 1. The Kier molecular flexibility index (Phi) is 9.84. The zero-order valence-electron chi connectivity index (χ0n) is 18.8. The van der Waals surface area contributed by atoms with Gasteiger partial charge in [-0.3, -0.25) is 14.2 Å². The third kappa shape index (κ3) is 7.14. The lowest BCUT2D eigenvalue weighted by Gasteiger charge is -2.08. The number of carbonyl (C=O) groups excluding carboxylic acids is 2. The average Bonchev–Trinajstić information content (AvgIpc) is 3.10. The minimum atomic E-state index is -0.835. The predicted molar refractivity (Wildman–Crippen MR) is 136 cm³/mol. The van der Waals surface area contributed by atoms with E-state index in [9.17, 15) is 24.8 Å². The zero-order chi connectivity index (χ0) is 25.4. The maximum atomic E-state index is 13.3. The second kappa shape index (κ2) is 12.8. The van der Waals surface area contributed by atoms with Gasteiger partial charge < -0.3 is 14.7 Å². The Bertz CT molecular complexity index is 1210. The van der Waals surface area contributed by atoms with Gasteiger partial charge in [-0.25, -0.2) is 0 Å². The van der Waals surface area contributed by atoms with Gasteiger partial charge in [-0.1, -0.05) is 39.3 Å². The topological polar surface area (TPSA) is 121 Å². The lowest BCUT2D eigenvalue weighted by Crippen LogP contribution is -2.15. The largest absolute Gasteiger partial charge is 0.465 e. The zero-order valence-corrected chi connectivity index (χ0v) is 21.2. The van der Waals surface area contributed by atoms with Crippen LogP contribution >= 0.6 is 33.2 Å². The van der Waals surface area contributed by atoms with Crippen LogP contribution in [0, 0.1) is 17.0 Å². The molecular formula is C23H23ClN2O7S2. The molecule has 0 aliphatic carbocycles. The van der Waals surface area contributed by atoms with Crippen molar-refractivity contribution in [1.82, 2.24) is 4.57 Å². The molecule has 3 rings (SSSR count). The van der Waals surface area contributed by atoms with Crippen molar-refractivity contribution in [2.45, 2.75) is 20.0 Å². The summed E-state index contributed by atoms with van der Waals surface area (Å²) >= 11 is 5.95. The van der Waals surface area contributed by atoms with Crippen molar-refractivity contribution >= 4 is 56.0 Å². The lowest BCUT2D eigenvalue weighted by atomic mass is 10.1. The van der Waals surface area contributed by atoms with Gasteiger partial charge in [0, 0.05) is 33.2 Å². The number of hydrogen-bond acceptors (Lipinski definition) is 9. The van der Waals surface area contributed by atoms with E-state index in [0.717, 1.165) is 0 Å². The summed E-state index contributed by atoms with van der Waals surface area (Å²) in [5.41, 5.74) is 3.02. The maximum absolute atomic E-state index is 13.3. The van der Waals surface area contributed by atoms with Crippen LogP contribution in [0.15, 0.2) is 42.5 Å². The van der Waals surface area contributed by atoms with Crippen molar-refractivity contribution in [3.63, 3.8) is 0 Å². The molecule has 0 spiro atoms. The number of esters is 1. The molecule has 35 heavy (non-hydrogen) atoms. The molecular weight excluding hydrogens is 516 g/mol. The van der Waals surface area contributed by atoms with Gasteiger partial charge in [0.25, 0.3) is 11.0 Å². The lowest BCUT2D eigenvalue weighted by molar-refractivity contribution is -0.756. The quantitative estimate of drug-likeness (QED) is 0.117. The summed E-state index contributed by atoms with van der Waals surface area (Å²) in [6.07, 6.45) is -0.0351. The smallest absolute Gasteiger partial charge is 0.310 e. The molecule has 9 nitrogen and oxygen atoms in total. The number of halogens is 1. The number of carbonyl (C=O) groups is 2. The SMILES string of the molecule is Cc1c(CC(=O)OCCSSCCO[N+](=O)[O-])c2cc(CO)ccc2n1C(=O)c1ccc(Cl)cc1. The van der Waals surface area contributed by atoms with Gasteiger partial charge in [-0.2, -0.15) is 0 Å². The van der Waals surface area contributed by atoms with Crippen LogP contribution in [0.1, 0.15) is 27.2 Å². The Balaban J connectivity index is 1.71. The monoisotopic (exact) mass is 538 g/mol. The highest BCUT2D eigenvalue weighted by molar-refractivity contribution is 8.76. The molecule has 1 N–H and O–H groups in total. The van der Waals surface area contributed by atoms with Crippen molar-refractivity contribution in [1.29, 1.82) is 0 Å². The van der Waals surface area contributed by atoms with E-state index in [2.05, 4.69) is 4.84 Å². The predicted octanol–water partition coefficient (Wildman–Crippen LogP) is 4.46. The van der Waals surface area contributed by atoms with E-state index >= 15 is 0 Å². The van der Waals surface area contributed by atoms with Gasteiger partial charge in [0.15, 0.2) is 0 Å². The first kappa shape index (κ1) is 26.9. The van der Waals surface area contributed by atoms with Gasteiger partial charge in [-0.15, -0.1) is 10.1 Å². The Morgan fingerprint density at radius 2 is 1.80 bits per heavy atom. The van der Waals surface area contributed by atoms with Gasteiger partial charge >= 0.3 is 5.97 Å². The second-order valence-corrected chi connectivity index (χ2v) is 10.5. The van der Waals surface area contributed by atoms with Crippen molar-refractivity contribution < 1.29 is 29.4 Å². The van der Waals surface area contributed by atoms with E-state index in [-0.39, 0.29) is 32.1 Å². The number of rotatable bonds is 12. The molecule has 0 fully saturated rings. The summed E-state index contributed by atoms with van der Waals surface area (Å²) in [4.78, 5) is 40.2. The van der Waals surface area contributed by atoms with E-state index < -0.39 is 11.1 Å². The second-order valence-electron chi connectivity index (χ2n) is 7.32. The first-order valence-corrected chi connectivity index (χ1v) is 13.4. The number of fused-ring (bicyclic) bond motifs is 1. The molecule has 0 aliphatic rings. The highest BCUT2D eigenvalue weighted by Gasteiger charge is 2.22. The summed E-state index contributed by atoms with van der Waals surface area (Å²) in [5.74, 6) is 0.254. The first-order chi connectivity index (χ1) is 16.8. The molecule has 1 heterocycles. The van der Waals surface area contributed by atoms with E-state index in [0.29, 0.717) is 49.8 Å². The molecule has 0 amide bonds. The molecule has 0 saturated heterocycles. The summed E-state index contributed by atoms with van der Waals surface area (Å²) < 4.78 is 6.91. The van der Waals surface area contributed by atoms with Gasteiger partial charge in [-0.05, 0) is 54.4 Å². The van der Waals surface area contributed by atoms with E-state index in [1.54, 1.807) is 54.0 Å². The van der Waals surface area contributed by atoms with Crippen LogP contribution in [0.5, 0.6) is 0 Å². The van der Waals surface area contributed by atoms with Crippen LogP contribution in [0.4, 0.5) is 0 Å². The summed E-state index contributed by atoms with van der Waals surface area (Å²) in [5, 5.41) is 20.1. The minimum Gasteiger partial charge on any atom is -0.465 e. The normalized spacial score (nSPS) is 10.9. The maximum Gasteiger partial charge on any atom is 0.310 e. The summed E-state index contributed by atoms with van der Waals surface area (Å²) in [6.45, 7) is 1.78. The van der Waals surface area contributed by atoms with E-state index in [1.807, 2.05) is 0 Å². The first-order valence-electron chi connectivity index (χ1n) is 10.5.